The number of benzene rings is 1. The lowest BCUT2D eigenvalue weighted by molar-refractivity contribution is -0.131. The highest BCUT2D eigenvalue weighted by Crippen LogP contribution is 2.23. The third kappa shape index (κ3) is 4.67. The molecular formula is C19H24N2O2. The van der Waals surface area contributed by atoms with E-state index in [9.17, 15) is 9.90 Å². The number of nitriles is 1. The molecule has 1 N–H and O–H groups in total. The van der Waals surface area contributed by atoms with Gasteiger partial charge in [-0.2, -0.15) is 5.26 Å². The Kier molecular flexibility index (Phi) is 5.95. The molecule has 1 amide bonds. The summed E-state index contributed by atoms with van der Waals surface area (Å²) in [6.45, 7) is 4.76. The molecule has 0 radical (unpaired) electrons. The van der Waals surface area contributed by atoms with Crippen molar-refractivity contribution in [3.05, 3.63) is 47.5 Å². The van der Waals surface area contributed by atoms with Crippen molar-refractivity contribution in [1.29, 1.82) is 5.26 Å². The zero-order chi connectivity index (χ0) is 16.8. The SMILES string of the molecule is CC(C)/C=C(\C#N)C(=O)N1CC[C@H](Cc2ccccc2)[C@@H](O)C1. The largest absolute Gasteiger partial charge is 0.391 e. The van der Waals surface area contributed by atoms with Crippen molar-refractivity contribution in [2.45, 2.75) is 32.8 Å². The normalized spacial score (nSPS) is 22.0. The van der Waals surface area contributed by atoms with Crippen LogP contribution in [0.15, 0.2) is 42.0 Å². The molecule has 1 saturated heterocycles. The van der Waals surface area contributed by atoms with Crippen LogP contribution in [0.3, 0.4) is 0 Å². The molecule has 2 atom stereocenters. The first-order valence-electron chi connectivity index (χ1n) is 8.14. The number of carbonyl (C=O) groups excluding carboxylic acids is 1. The van der Waals surface area contributed by atoms with Crippen LogP contribution in [0.1, 0.15) is 25.8 Å². The number of piperidine rings is 1. The van der Waals surface area contributed by atoms with E-state index in [1.165, 1.54) is 5.56 Å². The van der Waals surface area contributed by atoms with Gasteiger partial charge in [0.15, 0.2) is 0 Å². The number of β-amino-alcohol motifs (C(OH)–C–C–N with tert-alkyl or cyclic N) is 1. The summed E-state index contributed by atoms with van der Waals surface area (Å²) in [5.41, 5.74) is 1.38. The molecule has 1 aromatic rings. The molecule has 4 nitrogen and oxygen atoms in total. The minimum Gasteiger partial charge on any atom is -0.391 e. The van der Waals surface area contributed by atoms with Crippen molar-refractivity contribution < 1.29 is 9.90 Å². The van der Waals surface area contributed by atoms with Crippen LogP contribution >= 0.6 is 0 Å². The Morgan fingerprint density at radius 1 is 1.43 bits per heavy atom. The van der Waals surface area contributed by atoms with Crippen LogP contribution in [-0.4, -0.2) is 35.1 Å². The van der Waals surface area contributed by atoms with Crippen molar-refractivity contribution in [3.63, 3.8) is 0 Å². The number of aliphatic hydroxyl groups excluding tert-OH is 1. The first kappa shape index (κ1) is 17.2. The third-order valence-corrected chi connectivity index (χ3v) is 4.20. The molecule has 0 bridgehead atoms. The van der Waals surface area contributed by atoms with Crippen LogP contribution in [0.25, 0.3) is 0 Å². The first-order valence-corrected chi connectivity index (χ1v) is 8.14. The summed E-state index contributed by atoms with van der Waals surface area (Å²) in [6, 6.07) is 12.1. The molecule has 0 aliphatic carbocycles. The third-order valence-electron chi connectivity index (χ3n) is 4.20. The van der Waals surface area contributed by atoms with E-state index in [1.807, 2.05) is 38.1 Å². The van der Waals surface area contributed by atoms with Gasteiger partial charge >= 0.3 is 0 Å². The fourth-order valence-corrected chi connectivity index (χ4v) is 2.98. The molecule has 2 rings (SSSR count). The summed E-state index contributed by atoms with van der Waals surface area (Å²) in [5, 5.41) is 19.6. The zero-order valence-electron chi connectivity index (χ0n) is 13.8. The van der Waals surface area contributed by atoms with E-state index in [4.69, 9.17) is 5.26 Å². The number of nitrogens with zero attached hydrogens (tertiary/aromatic N) is 2. The standard InChI is InChI=1S/C19H24N2O2/c1-14(2)10-17(12-20)19(23)21-9-8-16(18(22)13-21)11-15-6-4-3-5-7-15/h3-7,10,14,16,18,22H,8-9,11,13H2,1-2H3/b17-10+/t16-,18+/m1/s1. The number of rotatable bonds is 4. The Bertz CT molecular complexity index is 602. The first-order chi connectivity index (χ1) is 11.0. The van der Waals surface area contributed by atoms with E-state index < -0.39 is 6.10 Å². The van der Waals surface area contributed by atoms with Crippen LogP contribution in [0, 0.1) is 23.2 Å². The van der Waals surface area contributed by atoms with Crippen molar-refractivity contribution in [3.8, 4) is 6.07 Å². The topological polar surface area (TPSA) is 64.3 Å². The lowest BCUT2D eigenvalue weighted by atomic mass is 9.87. The number of aliphatic hydroxyl groups is 1. The molecule has 0 unspecified atom stereocenters. The smallest absolute Gasteiger partial charge is 0.264 e. The van der Waals surface area contributed by atoms with E-state index in [-0.39, 0.29) is 23.3 Å². The average molecular weight is 312 g/mol. The summed E-state index contributed by atoms with van der Waals surface area (Å²) in [7, 11) is 0. The maximum Gasteiger partial charge on any atom is 0.264 e. The predicted molar refractivity (Wildman–Crippen MR) is 89.4 cm³/mol. The summed E-state index contributed by atoms with van der Waals surface area (Å²) in [5.74, 6) is 0.0358. The van der Waals surface area contributed by atoms with Crippen LogP contribution < -0.4 is 0 Å². The molecular weight excluding hydrogens is 288 g/mol. The minimum absolute atomic E-state index is 0.147. The van der Waals surface area contributed by atoms with Crippen LogP contribution in [0.4, 0.5) is 0 Å². The van der Waals surface area contributed by atoms with E-state index in [2.05, 4.69) is 12.1 Å². The van der Waals surface area contributed by atoms with Gasteiger partial charge in [0.2, 0.25) is 0 Å². The van der Waals surface area contributed by atoms with Gasteiger partial charge in [-0.15, -0.1) is 0 Å². The van der Waals surface area contributed by atoms with E-state index in [0.717, 1.165) is 12.8 Å². The van der Waals surface area contributed by atoms with Gasteiger partial charge in [-0.1, -0.05) is 50.3 Å². The molecule has 1 fully saturated rings. The van der Waals surface area contributed by atoms with Gasteiger partial charge in [0, 0.05) is 13.1 Å². The van der Waals surface area contributed by atoms with Crippen molar-refractivity contribution in [2.75, 3.05) is 13.1 Å². The van der Waals surface area contributed by atoms with Crippen molar-refractivity contribution in [2.24, 2.45) is 11.8 Å². The predicted octanol–water partition coefficient (Wildman–Crippen LogP) is 2.54. The number of likely N-dealkylation sites (tertiary alicyclic amines) is 1. The maximum atomic E-state index is 12.4. The lowest BCUT2D eigenvalue weighted by Crippen LogP contribution is -2.47. The fraction of sp³-hybridized carbons (Fsp3) is 0.474. The molecule has 1 aliphatic rings. The molecule has 0 saturated carbocycles. The van der Waals surface area contributed by atoms with Gasteiger partial charge in [0.05, 0.1) is 6.10 Å². The highest BCUT2D eigenvalue weighted by atomic mass is 16.3. The molecule has 1 heterocycles. The fourth-order valence-electron chi connectivity index (χ4n) is 2.98. The minimum atomic E-state index is -0.549. The zero-order valence-corrected chi connectivity index (χ0v) is 13.8. The second-order valence-corrected chi connectivity index (χ2v) is 6.49. The number of hydrogen-bond donors (Lipinski definition) is 1. The Morgan fingerprint density at radius 3 is 2.70 bits per heavy atom. The number of allylic oxidation sites excluding steroid dienone is 1. The molecule has 1 aromatic carbocycles. The molecule has 0 spiro atoms. The van der Waals surface area contributed by atoms with Gasteiger partial charge in [0.25, 0.3) is 5.91 Å². The number of carbonyl (C=O) groups is 1. The summed E-state index contributed by atoms with van der Waals surface area (Å²) in [4.78, 5) is 14.0. The molecule has 122 valence electrons. The second-order valence-electron chi connectivity index (χ2n) is 6.49. The molecule has 1 aliphatic heterocycles. The Morgan fingerprint density at radius 2 is 2.13 bits per heavy atom. The molecule has 4 heteroatoms. The van der Waals surface area contributed by atoms with Gasteiger partial charge in [-0.05, 0) is 30.2 Å². The number of amides is 1. The Labute approximate surface area is 138 Å². The van der Waals surface area contributed by atoms with Crippen molar-refractivity contribution in [1.82, 2.24) is 4.90 Å². The molecule has 0 aromatic heterocycles. The quantitative estimate of drug-likeness (QED) is 0.686. The summed E-state index contributed by atoms with van der Waals surface area (Å²) < 4.78 is 0. The van der Waals surface area contributed by atoms with E-state index in [1.54, 1.807) is 11.0 Å². The second kappa shape index (κ2) is 7.94. The summed E-state index contributed by atoms with van der Waals surface area (Å²) >= 11 is 0. The van der Waals surface area contributed by atoms with E-state index in [0.29, 0.717) is 13.1 Å². The Hall–Kier alpha value is -2.12. The van der Waals surface area contributed by atoms with Gasteiger partial charge in [0.1, 0.15) is 11.6 Å². The highest BCUT2D eigenvalue weighted by molar-refractivity contribution is 5.97. The van der Waals surface area contributed by atoms with Crippen LogP contribution in [0.5, 0.6) is 0 Å². The molecule has 23 heavy (non-hydrogen) atoms. The van der Waals surface area contributed by atoms with Crippen molar-refractivity contribution >= 4 is 5.91 Å². The van der Waals surface area contributed by atoms with Gasteiger partial charge < -0.3 is 10.0 Å². The number of hydrogen-bond acceptors (Lipinski definition) is 3. The summed E-state index contributed by atoms with van der Waals surface area (Å²) in [6.07, 6.45) is 2.70. The Balaban J connectivity index is 1.98. The van der Waals surface area contributed by atoms with Gasteiger partial charge in [-0.25, -0.2) is 0 Å². The maximum absolute atomic E-state index is 12.4. The van der Waals surface area contributed by atoms with E-state index >= 15 is 0 Å². The van der Waals surface area contributed by atoms with Crippen LogP contribution in [0.2, 0.25) is 0 Å². The lowest BCUT2D eigenvalue weighted by Gasteiger charge is -2.36. The highest BCUT2D eigenvalue weighted by Gasteiger charge is 2.31. The monoisotopic (exact) mass is 312 g/mol. The van der Waals surface area contributed by atoms with Gasteiger partial charge in [-0.3, -0.25) is 4.79 Å². The van der Waals surface area contributed by atoms with Crippen LogP contribution in [-0.2, 0) is 11.2 Å². The average Bonchev–Trinajstić information content (AvgIpc) is 2.54.